The van der Waals surface area contributed by atoms with E-state index in [1.165, 1.54) is 11.3 Å². The van der Waals surface area contributed by atoms with Gasteiger partial charge in [0.1, 0.15) is 0 Å². The number of anilines is 1. The average Bonchev–Trinajstić information content (AvgIpc) is 3.32. The van der Waals surface area contributed by atoms with Crippen molar-refractivity contribution in [2.75, 3.05) is 5.32 Å². The molecule has 1 heterocycles. The van der Waals surface area contributed by atoms with Gasteiger partial charge in [0.05, 0.1) is 17.5 Å². The second-order valence-electron chi connectivity index (χ2n) is 7.57. The SMILES string of the molecule is Cc1ccc(C)c(-c2csc(NC(=O)[C@H]3[C@H]4CC[C@@H](C4)[C@@H]3C(=O)O)n2)c1. The molecule has 0 radical (unpaired) electrons. The fraction of sp³-hybridized carbons (Fsp3) is 0.450. The van der Waals surface area contributed by atoms with Crippen molar-refractivity contribution >= 4 is 28.3 Å². The fourth-order valence-corrected chi connectivity index (χ4v) is 5.39. The van der Waals surface area contributed by atoms with Gasteiger partial charge in [-0.05, 0) is 56.6 Å². The number of carboxylic acid groups (broad SMARTS) is 1. The number of carbonyl (C=O) groups excluding carboxylic acids is 1. The molecule has 0 aliphatic heterocycles. The Bertz CT molecular complexity index is 876. The summed E-state index contributed by atoms with van der Waals surface area (Å²) in [6, 6.07) is 6.22. The molecular formula is C20H22N2O3S. The third-order valence-corrected chi connectivity index (χ3v) is 6.67. The molecule has 1 amide bonds. The van der Waals surface area contributed by atoms with E-state index in [-0.39, 0.29) is 17.7 Å². The number of nitrogens with zero attached hydrogens (tertiary/aromatic N) is 1. The second-order valence-corrected chi connectivity index (χ2v) is 8.43. The Hall–Kier alpha value is -2.21. The van der Waals surface area contributed by atoms with Gasteiger partial charge >= 0.3 is 5.97 Å². The quantitative estimate of drug-likeness (QED) is 0.849. The minimum atomic E-state index is -0.840. The number of thiazole rings is 1. The van der Waals surface area contributed by atoms with E-state index in [1.54, 1.807) is 0 Å². The molecule has 1 aromatic heterocycles. The van der Waals surface area contributed by atoms with Crippen LogP contribution in [0.4, 0.5) is 5.13 Å². The smallest absolute Gasteiger partial charge is 0.307 e. The second kappa shape index (κ2) is 6.50. The largest absolute Gasteiger partial charge is 0.481 e. The van der Waals surface area contributed by atoms with Gasteiger partial charge < -0.3 is 10.4 Å². The Kier molecular flexibility index (Phi) is 4.31. The standard InChI is InChI=1S/C20H22N2O3S/c1-10-3-4-11(2)14(7-10)15-9-26-20(21-15)22-18(23)16-12-5-6-13(8-12)17(16)19(24)25/h3-4,7,9,12-13,16-17H,5-6,8H2,1-2H3,(H,24,25)(H,21,22,23)/t12-,13-,16-,17-/m0/s1. The summed E-state index contributed by atoms with van der Waals surface area (Å²) in [7, 11) is 0. The predicted molar refractivity (Wildman–Crippen MR) is 101 cm³/mol. The van der Waals surface area contributed by atoms with E-state index in [1.807, 2.05) is 19.2 Å². The first-order valence-electron chi connectivity index (χ1n) is 9.01. The molecule has 2 aliphatic carbocycles. The van der Waals surface area contributed by atoms with E-state index in [4.69, 9.17) is 0 Å². The first kappa shape index (κ1) is 17.2. The lowest BCUT2D eigenvalue weighted by molar-refractivity contribution is -0.148. The number of hydrogen-bond donors (Lipinski definition) is 2. The molecule has 5 nitrogen and oxygen atoms in total. The number of aliphatic carboxylic acids is 1. The third-order valence-electron chi connectivity index (χ3n) is 5.91. The number of carboxylic acids is 1. The zero-order chi connectivity index (χ0) is 18.4. The normalized spacial score (nSPS) is 26.8. The van der Waals surface area contributed by atoms with Gasteiger partial charge in [0, 0.05) is 10.9 Å². The first-order valence-corrected chi connectivity index (χ1v) is 9.89. The van der Waals surface area contributed by atoms with Crippen molar-refractivity contribution in [2.45, 2.75) is 33.1 Å². The number of aromatic nitrogens is 1. The zero-order valence-corrected chi connectivity index (χ0v) is 15.7. The summed E-state index contributed by atoms with van der Waals surface area (Å²) in [6.45, 7) is 4.08. The Balaban J connectivity index is 1.53. The topological polar surface area (TPSA) is 79.3 Å². The van der Waals surface area contributed by atoms with E-state index in [0.717, 1.165) is 41.6 Å². The highest BCUT2D eigenvalue weighted by atomic mass is 32.1. The molecule has 0 saturated heterocycles. The molecule has 1 aromatic carbocycles. The van der Waals surface area contributed by atoms with Crippen molar-refractivity contribution in [3.8, 4) is 11.3 Å². The molecule has 2 N–H and O–H groups in total. The molecule has 26 heavy (non-hydrogen) atoms. The van der Waals surface area contributed by atoms with Crippen molar-refractivity contribution in [3.05, 3.63) is 34.7 Å². The summed E-state index contributed by atoms with van der Waals surface area (Å²) in [5, 5.41) is 14.9. The molecule has 2 fully saturated rings. The van der Waals surface area contributed by atoms with Crippen LogP contribution < -0.4 is 5.32 Å². The summed E-state index contributed by atoms with van der Waals surface area (Å²) in [5.74, 6) is -1.67. The highest BCUT2D eigenvalue weighted by Gasteiger charge is 2.54. The Morgan fingerprint density at radius 2 is 1.92 bits per heavy atom. The first-order chi connectivity index (χ1) is 12.4. The third kappa shape index (κ3) is 2.92. The molecule has 4 atom stereocenters. The number of nitrogens with one attached hydrogen (secondary N) is 1. The van der Waals surface area contributed by atoms with E-state index < -0.39 is 17.8 Å². The molecular weight excluding hydrogens is 348 g/mol. The van der Waals surface area contributed by atoms with Gasteiger partial charge in [0.2, 0.25) is 5.91 Å². The Labute approximate surface area is 156 Å². The van der Waals surface area contributed by atoms with Gasteiger partial charge in [-0.25, -0.2) is 4.98 Å². The van der Waals surface area contributed by atoms with Crippen molar-refractivity contribution in [3.63, 3.8) is 0 Å². The molecule has 0 spiro atoms. The van der Waals surface area contributed by atoms with Crippen LogP contribution in [0, 0.1) is 37.5 Å². The maximum absolute atomic E-state index is 12.8. The van der Waals surface area contributed by atoms with Gasteiger partial charge in [0.15, 0.2) is 5.13 Å². The highest BCUT2D eigenvalue weighted by Crippen LogP contribution is 2.52. The molecule has 6 heteroatoms. The highest BCUT2D eigenvalue weighted by molar-refractivity contribution is 7.14. The van der Waals surface area contributed by atoms with Crippen LogP contribution >= 0.6 is 11.3 Å². The van der Waals surface area contributed by atoms with E-state index >= 15 is 0 Å². The number of aryl methyl sites for hydroxylation is 2. The summed E-state index contributed by atoms with van der Waals surface area (Å²) < 4.78 is 0. The van der Waals surface area contributed by atoms with Gasteiger partial charge in [-0.2, -0.15) is 0 Å². The summed E-state index contributed by atoms with van der Waals surface area (Å²) in [4.78, 5) is 29.0. The molecule has 2 saturated carbocycles. The molecule has 2 bridgehead atoms. The van der Waals surface area contributed by atoms with Crippen molar-refractivity contribution in [1.29, 1.82) is 0 Å². The minimum absolute atomic E-state index is 0.148. The van der Waals surface area contributed by atoms with Crippen LogP contribution in [0.25, 0.3) is 11.3 Å². The van der Waals surface area contributed by atoms with Crippen LogP contribution in [0.2, 0.25) is 0 Å². The summed E-state index contributed by atoms with van der Waals surface area (Å²) in [6.07, 6.45) is 2.75. The van der Waals surface area contributed by atoms with E-state index in [2.05, 4.69) is 28.5 Å². The van der Waals surface area contributed by atoms with Crippen LogP contribution in [-0.4, -0.2) is 22.0 Å². The van der Waals surface area contributed by atoms with Crippen LogP contribution in [0.5, 0.6) is 0 Å². The number of fused-ring (bicyclic) bond motifs is 2. The van der Waals surface area contributed by atoms with Crippen LogP contribution in [0.3, 0.4) is 0 Å². The lowest BCUT2D eigenvalue weighted by atomic mass is 9.79. The van der Waals surface area contributed by atoms with Gasteiger partial charge in [-0.3, -0.25) is 9.59 Å². The van der Waals surface area contributed by atoms with Crippen LogP contribution in [0.1, 0.15) is 30.4 Å². The molecule has 0 unspecified atom stereocenters. The van der Waals surface area contributed by atoms with Gasteiger partial charge in [-0.15, -0.1) is 11.3 Å². The van der Waals surface area contributed by atoms with Crippen LogP contribution in [-0.2, 0) is 9.59 Å². The van der Waals surface area contributed by atoms with E-state index in [9.17, 15) is 14.7 Å². The molecule has 2 aliphatic rings. The number of carbonyl (C=O) groups is 2. The van der Waals surface area contributed by atoms with Gasteiger partial charge in [-0.1, -0.05) is 17.7 Å². The number of hydrogen-bond acceptors (Lipinski definition) is 4. The average molecular weight is 370 g/mol. The zero-order valence-electron chi connectivity index (χ0n) is 14.9. The minimum Gasteiger partial charge on any atom is -0.481 e. The Morgan fingerprint density at radius 3 is 2.65 bits per heavy atom. The monoisotopic (exact) mass is 370 g/mol. The lowest BCUT2D eigenvalue weighted by Crippen LogP contribution is -2.37. The van der Waals surface area contributed by atoms with E-state index in [0.29, 0.717) is 5.13 Å². The Morgan fingerprint density at radius 1 is 1.19 bits per heavy atom. The molecule has 2 aromatic rings. The maximum atomic E-state index is 12.8. The number of amides is 1. The summed E-state index contributed by atoms with van der Waals surface area (Å²) in [5.41, 5.74) is 4.20. The molecule has 4 rings (SSSR count). The number of benzene rings is 1. The van der Waals surface area contributed by atoms with Crippen molar-refractivity contribution in [2.24, 2.45) is 23.7 Å². The van der Waals surface area contributed by atoms with Gasteiger partial charge in [0.25, 0.3) is 0 Å². The fourth-order valence-electron chi connectivity index (χ4n) is 4.68. The predicted octanol–water partition coefficient (Wildman–Crippen LogP) is 4.11. The lowest BCUT2D eigenvalue weighted by Gasteiger charge is -2.26. The molecule has 136 valence electrons. The van der Waals surface area contributed by atoms with Crippen molar-refractivity contribution in [1.82, 2.24) is 4.98 Å². The van der Waals surface area contributed by atoms with Crippen LogP contribution in [0.15, 0.2) is 23.6 Å². The maximum Gasteiger partial charge on any atom is 0.307 e. The number of rotatable bonds is 4. The summed E-state index contributed by atoms with van der Waals surface area (Å²) >= 11 is 1.39. The van der Waals surface area contributed by atoms with Crippen molar-refractivity contribution < 1.29 is 14.7 Å².